The Morgan fingerprint density at radius 2 is 2.00 bits per heavy atom. The maximum absolute atomic E-state index is 12.4. The first-order valence-electron chi connectivity index (χ1n) is 8.36. The van der Waals surface area contributed by atoms with E-state index in [0.717, 1.165) is 42.7 Å². The lowest BCUT2D eigenvalue weighted by Crippen LogP contribution is -2.47. The van der Waals surface area contributed by atoms with Crippen molar-refractivity contribution in [3.63, 3.8) is 0 Å². The Kier molecular flexibility index (Phi) is 5.23. The fraction of sp³-hybridized carbons (Fsp3) is 0.500. The van der Waals surface area contributed by atoms with Crippen molar-refractivity contribution in [2.75, 3.05) is 31.3 Å². The van der Waals surface area contributed by atoms with Crippen LogP contribution in [0.3, 0.4) is 0 Å². The highest BCUT2D eigenvalue weighted by molar-refractivity contribution is 7.99. The second-order valence-electron chi connectivity index (χ2n) is 6.26. The van der Waals surface area contributed by atoms with Crippen LogP contribution in [0.5, 0.6) is 0 Å². The quantitative estimate of drug-likeness (QED) is 0.854. The highest BCUT2D eigenvalue weighted by atomic mass is 32.2. The summed E-state index contributed by atoms with van der Waals surface area (Å²) in [7, 11) is 1.94. The molecule has 3 rings (SSSR count). The van der Waals surface area contributed by atoms with Crippen molar-refractivity contribution in [3.8, 4) is 0 Å². The van der Waals surface area contributed by atoms with Gasteiger partial charge in [-0.2, -0.15) is 11.8 Å². The van der Waals surface area contributed by atoms with E-state index in [0.29, 0.717) is 6.04 Å². The molecule has 2 aromatic rings. The number of rotatable bonds is 4. The van der Waals surface area contributed by atoms with Crippen molar-refractivity contribution in [2.45, 2.75) is 31.1 Å². The van der Waals surface area contributed by atoms with Crippen molar-refractivity contribution in [3.05, 3.63) is 30.6 Å². The number of carbonyl (C=O) groups is 1. The molecule has 128 valence electrons. The molecule has 1 aliphatic heterocycles. The summed E-state index contributed by atoms with van der Waals surface area (Å²) in [5.41, 5.74) is 0.978. The lowest BCUT2D eigenvalue weighted by atomic mass is 10.0. The summed E-state index contributed by atoms with van der Waals surface area (Å²) in [6.45, 7) is 3.81. The molecule has 1 aromatic carbocycles. The van der Waals surface area contributed by atoms with Gasteiger partial charge in [-0.25, -0.2) is 9.97 Å². The Morgan fingerprint density at radius 1 is 1.29 bits per heavy atom. The summed E-state index contributed by atoms with van der Waals surface area (Å²) in [6.07, 6.45) is 5.57. The summed E-state index contributed by atoms with van der Waals surface area (Å²) in [4.78, 5) is 25.5. The monoisotopic (exact) mass is 344 g/mol. The molecule has 0 aliphatic carbocycles. The number of hydrogen-bond donors (Lipinski definition) is 0. The second kappa shape index (κ2) is 7.38. The Bertz CT molecular complexity index is 710. The Morgan fingerprint density at radius 3 is 2.71 bits per heavy atom. The lowest BCUT2D eigenvalue weighted by molar-refractivity contribution is -0.131. The van der Waals surface area contributed by atoms with Gasteiger partial charge in [-0.05, 0) is 38.2 Å². The van der Waals surface area contributed by atoms with Crippen LogP contribution in [-0.2, 0) is 4.79 Å². The van der Waals surface area contributed by atoms with Gasteiger partial charge in [-0.3, -0.25) is 4.79 Å². The first kappa shape index (κ1) is 17.0. The maximum atomic E-state index is 12.4. The number of amides is 1. The average Bonchev–Trinajstić information content (AvgIpc) is 2.66. The molecule has 0 unspecified atom stereocenters. The lowest BCUT2D eigenvalue weighted by Gasteiger charge is -2.38. The van der Waals surface area contributed by atoms with Gasteiger partial charge in [0, 0.05) is 31.6 Å². The predicted octanol–water partition coefficient (Wildman–Crippen LogP) is 2.81. The summed E-state index contributed by atoms with van der Waals surface area (Å²) >= 11 is 1.61. The average molecular weight is 344 g/mol. The van der Waals surface area contributed by atoms with E-state index < -0.39 is 0 Å². The van der Waals surface area contributed by atoms with Crippen LogP contribution >= 0.6 is 11.8 Å². The largest absolute Gasteiger partial charge is 0.356 e. The van der Waals surface area contributed by atoms with Crippen LogP contribution in [0.25, 0.3) is 10.9 Å². The molecule has 24 heavy (non-hydrogen) atoms. The Balaban J connectivity index is 1.70. The number of anilines is 1. The predicted molar refractivity (Wildman–Crippen MR) is 101 cm³/mol. The molecule has 0 N–H and O–H groups in total. The molecule has 6 heteroatoms. The van der Waals surface area contributed by atoms with Gasteiger partial charge in [0.15, 0.2) is 0 Å². The molecule has 0 saturated carbocycles. The number of piperidine rings is 1. The minimum absolute atomic E-state index is 0.0267. The number of aromatic nitrogens is 2. The van der Waals surface area contributed by atoms with E-state index >= 15 is 0 Å². The van der Waals surface area contributed by atoms with E-state index in [2.05, 4.69) is 20.9 Å². The molecule has 1 aromatic heterocycles. The molecule has 1 aliphatic rings. The van der Waals surface area contributed by atoms with Gasteiger partial charge in [0.1, 0.15) is 12.1 Å². The highest BCUT2D eigenvalue weighted by Crippen LogP contribution is 2.27. The van der Waals surface area contributed by atoms with Crippen LogP contribution in [0.2, 0.25) is 0 Å². The molecule has 0 radical (unpaired) electrons. The number of benzene rings is 1. The van der Waals surface area contributed by atoms with Crippen molar-refractivity contribution in [1.29, 1.82) is 0 Å². The summed E-state index contributed by atoms with van der Waals surface area (Å²) < 4.78 is 0. The number of carbonyl (C=O) groups excluding carboxylic acids is 1. The normalized spacial score (nSPS) is 17.0. The fourth-order valence-corrected chi connectivity index (χ4v) is 3.64. The number of thioether (sulfide) groups is 1. The zero-order valence-corrected chi connectivity index (χ0v) is 15.3. The van der Waals surface area contributed by atoms with Crippen LogP contribution in [0.15, 0.2) is 30.6 Å². The molecule has 1 amide bonds. The molecular weight excluding hydrogens is 320 g/mol. The van der Waals surface area contributed by atoms with Gasteiger partial charge in [-0.15, -0.1) is 0 Å². The first-order chi connectivity index (χ1) is 11.6. The molecule has 1 saturated heterocycles. The molecule has 1 atom stereocenters. The van der Waals surface area contributed by atoms with Gasteiger partial charge in [0.25, 0.3) is 0 Å². The first-order valence-corrected chi connectivity index (χ1v) is 9.64. The Hall–Kier alpha value is -1.82. The number of hydrogen-bond acceptors (Lipinski definition) is 5. The number of nitrogens with zero attached hydrogens (tertiary/aromatic N) is 4. The molecule has 0 bridgehead atoms. The van der Waals surface area contributed by atoms with Crippen molar-refractivity contribution >= 4 is 34.4 Å². The summed E-state index contributed by atoms with van der Waals surface area (Å²) in [6, 6.07) is 8.43. The third kappa shape index (κ3) is 3.34. The van der Waals surface area contributed by atoms with Gasteiger partial charge >= 0.3 is 0 Å². The van der Waals surface area contributed by atoms with E-state index in [1.54, 1.807) is 18.1 Å². The standard InChI is InChI=1S/C18H24N4OS/c1-13(24-3)18(23)21(2)14-8-10-22(11-9-14)17-15-6-4-5-7-16(15)19-12-20-17/h4-7,12-14H,8-11H2,1-3H3/t13-/m1/s1. The third-order valence-corrected chi connectivity index (χ3v) is 5.79. The van der Waals surface area contributed by atoms with E-state index in [-0.39, 0.29) is 11.2 Å². The number of fused-ring (bicyclic) bond motifs is 1. The van der Waals surface area contributed by atoms with Gasteiger partial charge in [0.2, 0.25) is 5.91 Å². The van der Waals surface area contributed by atoms with Gasteiger partial charge in [-0.1, -0.05) is 12.1 Å². The second-order valence-corrected chi connectivity index (χ2v) is 7.44. The molecular formula is C18H24N4OS. The van der Waals surface area contributed by atoms with Crippen molar-refractivity contribution in [2.24, 2.45) is 0 Å². The molecule has 5 nitrogen and oxygen atoms in total. The van der Waals surface area contributed by atoms with E-state index in [9.17, 15) is 4.79 Å². The summed E-state index contributed by atoms with van der Waals surface area (Å²) in [5, 5.41) is 1.12. The smallest absolute Gasteiger partial charge is 0.235 e. The van der Waals surface area contributed by atoms with E-state index in [1.807, 2.05) is 43.3 Å². The zero-order chi connectivity index (χ0) is 17.1. The SMILES string of the molecule is CS[C@H](C)C(=O)N(C)C1CCN(c2ncnc3ccccc23)CC1. The Labute approximate surface area is 147 Å². The van der Waals surface area contributed by atoms with Gasteiger partial charge < -0.3 is 9.80 Å². The fourth-order valence-electron chi connectivity index (χ4n) is 3.28. The molecule has 1 fully saturated rings. The van der Waals surface area contributed by atoms with Crippen LogP contribution in [0.4, 0.5) is 5.82 Å². The van der Waals surface area contributed by atoms with Crippen LogP contribution in [0.1, 0.15) is 19.8 Å². The topological polar surface area (TPSA) is 49.3 Å². The molecule has 2 heterocycles. The molecule has 0 spiro atoms. The zero-order valence-electron chi connectivity index (χ0n) is 14.5. The minimum atomic E-state index is 0.0267. The number of para-hydroxylation sites is 1. The van der Waals surface area contributed by atoms with Gasteiger partial charge in [0.05, 0.1) is 10.8 Å². The summed E-state index contributed by atoms with van der Waals surface area (Å²) in [5.74, 6) is 1.24. The third-order valence-electron chi connectivity index (χ3n) is 4.88. The minimum Gasteiger partial charge on any atom is -0.356 e. The van der Waals surface area contributed by atoms with E-state index in [4.69, 9.17) is 0 Å². The highest BCUT2D eigenvalue weighted by Gasteiger charge is 2.28. The van der Waals surface area contributed by atoms with Crippen molar-refractivity contribution < 1.29 is 4.79 Å². The van der Waals surface area contributed by atoms with Crippen LogP contribution in [0, 0.1) is 0 Å². The van der Waals surface area contributed by atoms with E-state index in [1.165, 1.54) is 0 Å². The maximum Gasteiger partial charge on any atom is 0.235 e. The van der Waals surface area contributed by atoms with Crippen LogP contribution in [-0.4, -0.2) is 58.5 Å². The van der Waals surface area contributed by atoms with Crippen LogP contribution < -0.4 is 4.90 Å². The van der Waals surface area contributed by atoms with Crippen molar-refractivity contribution in [1.82, 2.24) is 14.9 Å².